The Balaban J connectivity index is 1.93. The van der Waals surface area contributed by atoms with Crippen molar-refractivity contribution < 1.29 is 13.9 Å². The Bertz CT molecular complexity index is 516. The van der Waals surface area contributed by atoms with Crippen LogP contribution >= 0.6 is 0 Å². The van der Waals surface area contributed by atoms with Crippen LogP contribution < -0.4 is 10.1 Å². The maximum absolute atomic E-state index is 13.4. The Morgan fingerprint density at radius 3 is 2.64 bits per heavy atom. The van der Waals surface area contributed by atoms with Crippen LogP contribution in [0.3, 0.4) is 0 Å². The summed E-state index contributed by atoms with van der Waals surface area (Å²) in [6, 6.07) is 4.48. The van der Waals surface area contributed by atoms with Crippen LogP contribution in [-0.2, 0) is 11.3 Å². The molecular weight excluding hydrogens is 285 g/mol. The fraction of sp³-hybridized carbons (Fsp3) is 0.562. The molecule has 5 nitrogen and oxygen atoms in total. The predicted molar refractivity (Wildman–Crippen MR) is 83.3 cm³/mol. The molecule has 0 spiro atoms. The molecule has 22 heavy (non-hydrogen) atoms. The summed E-state index contributed by atoms with van der Waals surface area (Å²) >= 11 is 0. The Morgan fingerprint density at radius 1 is 1.36 bits per heavy atom. The number of carbonyl (C=O) groups is 1. The van der Waals surface area contributed by atoms with Crippen LogP contribution in [0.1, 0.15) is 12.5 Å². The third kappa shape index (κ3) is 3.96. The van der Waals surface area contributed by atoms with Gasteiger partial charge in [-0.05, 0) is 25.1 Å². The summed E-state index contributed by atoms with van der Waals surface area (Å²) in [6.45, 7) is 5.92. The van der Waals surface area contributed by atoms with E-state index >= 15 is 0 Å². The Hall–Kier alpha value is -1.66. The van der Waals surface area contributed by atoms with E-state index in [9.17, 15) is 9.18 Å². The molecule has 1 saturated heterocycles. The first kappa shape index (κ1) is 16.7. The second-order valence-corrected chi connectivity index (χ2v) is 5.56. The van der Waals surface area contributed by atoms with Crippen LogP contribution in [0.25, 0.3) is 0 Å². The minimum absolute atomic E-state index is 0.0419. The van der Waals surface area contributed by atoms with Crippen LogP contribution in [-0.4, -0.2) is 62.1 Å². The van der Waals surface area contributed by atoms with Crippen molar-refractivity contribution in [1.82, 2.24) is 15.1 Å². The molecule has 0 saturated carbocycles. The lowest BCUT2D eigenvalue weighted by Gasteiger charge is -2.37. The number of halogens is 1. The summed E-state index contributed by atoms with van der Waals surface area (Å²) in [5, 5.41) is 2.68. The summed E-state index contributed by atoms with van der Waals surface area (Å²) < 4.78 is 18.7. The SMILES string of the molecule is CNC(=O)[C@@H](C)N1CCN(Cc2cc(F)ccc2OC)CC1. The molecule has 122 valence electrons. The highest BCUT2D eigenvalue weighted by Gasteiger charge is 2.25. The van der Waals surface area contributed by atoms with Crippen molar-refractivity contribution in [3.63, 3.8) is 0 Å². The van der Waals surface area contributed by atoms with Gasteiger partial charge in [-0.3, -0.25) is 14.6 Å². The van der Waals surface area contributed by atoms with Crippen molar-refractivity contribution in [3.8, 4) is 5.75 Å². The van der Waals surface area contributed by atoms with Gasteiger partial charge in [-0.15, -0.1) is 0 Å². The highest BCUT2D eigenvalue weighted by molar-refractivity contribution is 5.80. The number of amides is 1. The molecule has 0 unspecified atom stereocenters. The minimum atomic E-state index is -0.248. The van der Waals surface area contributed by atoms with E-state index in [-0.39, 0.29) is 17.8 Å². The normalized spacial score (nSPS) is 18.0. The molecule has 1 atom stereocenters. The van der Waals surface area contributed by atoms with Crippen molar-refractivity contribution in [1.29, 1.82) is 0 Å². The molecule has 0 aliphatic carbocycles. The molecule has 0 aromatic heterocycles. The second kappa shape index (κ2) is 7.56. The third-order valence-corrected chi connectivity index (χ3v) is 4.22. The summed E-state index contributed by atoms with van der Waals surface area (Å²) in [5.74, 6) is 0.505. The molecule has 1 aliphatic rings. The lowest BCUT2D eigenvalue weighted by Crippen LogP contribution is -2.53. The molecule has 1 aromatic rings. The van der Waals surface area contributed by atoms with Crippen LogP contribution in [0.2, 0.25) is 0 Å². The molecule has 0 bridgehead atoms. The molecule has 6 heteroatoms. The summed E-state index contributed by atoms with van der Waals surface area (Å²) in [4.78, 5) is 16.1. The van der Waals surface area contributed by atoms with E-state index in [1.807, 2.05) is 6.92 Å². The number of rotatable bonds is 5. The van der Waals surface area contributed by atoms with Gasteiger partial charge >= 0.3 is 0 Å². The molecule has 1 fully saturated rings. The van der Waals surface area contributed by atoms with Gasteiger partial charge in [0.25, 0.3) is 0 Å². The van der Waals surface area contributed by atoms with Gasteiger partial charge in [-0.25, -0.2) is 4.39 Å². The molecule has 2 rings (SSSR count). The van der Waals surface area contributed by atoms with Gasteiger partial charge in [-0.2, -0.15) is 0 Å². The average Bonchev–Trinajstić information content (AvgIpc) is 2.54. The van der Waals surface area contributed by atoms with Gasteiger partial charge in [-0.1, -0.05) is 0 Å². The van der Waals surface area contributed by atoms with Crippen molar-refractivity contribution in [3.05, 3.63) is 29.6 Å². The standard InChI is InChI=1S/C16H24FN3O2/c1-12(16(21)18-2)20-8-6-19(7-9-20)11-13-10-14(17)4-5-15(13)22-3/h4-5,10,12H,6-9,11H2,1-3H3,(H,18,21)/t12-/m1/s1. The number of ether oxygens (including phenoxy) is 1. The number of nitrogens with one attached hydrogen (secondary N) is 1. The lowest BCUT2D eigenvalue weighted by atomic mass is 10.1. The fourth-order valence-corrected chi connectivity index (χ4v) is 2.80. The Morgan fingerprint density at radius 2 is 2.05 bits per heavy atom. The van der Waals surface area contributed by atoms with Crippen LogP contribution in [0.4, 0.5) is 4.39 Å². The van der Waals surface area contributed by atoms with Crippen molar-refractivity contribution >= 4 is 5.91 Å². The van der Waals surface area contributed by atoms with E-state index in [0.717, 1.165) is 31.7 Å². The smallest absolute Gasteiger partial charge is 0.236 e. The maximum Gasteiger partial charge on any atom is 0.236 e. The van der Waals surface area contributed by atoms with Crippen molar-refractivity contribution in [2.45, 2.75) is 19.5 Å². The second-order valence-electron chi connectivity index (χ2n) is 5.56. The first-order valence-corrected chi connectivity index (χ1v) is 7.55. The van der Waals surface area contributed by atoms with E-state index in [1.165, 1.54) is 12.1 Å². The van der Waals surface area contributed by atoms with E-state index in [0.29, 0.717) is 12.3 Å². The monoisotopic (exact) mass is 309 g/mol. The van der Waals surface area contributed by atoms with Crippen LogP contribution in [0.15, 0.2) is 18.2 Å². The number of piperazine rings is 1. The number of benzene rings is 1. The Kier molecular flexibility index (Phi) is 5.74. The lowest BCUT2D eigenvalue weighted by molar-refractivity contribution is -0.126. The minimum Gasteiger partial charge on any atom is -0.496 e. The fourth-order valence-electron chi connectivity index (χ4n) is 2.80. The number of methoxy groups -OCH3 is 1. The first-order chi connectivity index (χ1) is 10.5. The first-order valence-electron chi connectivity index (χ1n) is 7.55. The van der Waals surface area contributed by atoms with Gasteiger partial charge in [0.1, 0.15) is 11.6 Å². The van der Waals surface area contributed by atoms with Crippen molar-refractivity contribution in [2.24, 2.45) is 0 Å². The Labute approximate surface area is 131 Å². The van der Waals surface area contributed by atoms with E-state index in [1.54, 1.807) is 20.2 Å². The van der Waals surface area contributed by atoms with Gasteiger partial charge < -0.3 is 10.1 Å². The molecule has 1 amide bonds. The molecular formula is C16H24FN3O2. The zero-order valence-corrected chi connectivity index (χ0v) is 13.4. The van der Waals surface area contributed by atoms with Gasteiger partial charge in [0.05, 0.1) is 13.2 Å². The van der Waals surface area contributed by atoms with Gasteiger partial charge in [0.15, 0.2) is 0 Å². The number of hydrogen-bond acceptors (Lipinski definition) is 4. The zero-order valence-electron chi connectivity index (χ0n) is 13.4. The number of carbonyl (C=O) groups excluding carboxylic acids is 1. The van der Waals surface area contributed by atoms with Crippen molar-refractivity contribution in [2.75, 3.05) is 40.3 Å². The number of nitrogens with zero attached hydrogens (tertiary/aromatic N) is 2. The average molecular weight is 309 g/mol. The summed E-state index contributed by atoms with van der Waals surface area (Å²) in [6.07, 6.45) is 0. The predicted octanol–water partition coefficient (Wildman–Crippen LogP) is 1.09. The van der Waals surface area contributed by atoms with E-state index in [4.69, 9.17) is 4.74 Å². The number of likely N-dealkylation sites (N-methyl/N-ethyl adjacent to an activating group) is 1. The highest BCUT2D eigenvalue weighted by atomic mass is 19.1. The van der Waals surface area contributed by atoms with Crippen LogP contribution in [0.5, 0.6) is 5.75 Å². The maximum atomic E-state index is 13.4. The zero-order chi connectivity index (χ0) is 16.1. The topological polar surface area (TPSA) is 44.8 Å². The molecule has 0 radical (unpaired) electrons. The third-order valence-electron chi connectivity index (χ3n) is 4.22. The van der Waals surface area contributed by atoms with E-state index < -0.39 is 0 Å². The molecule has 1 aromatic carbocycles. The summed E-state index contributed by atoms with van der Waals surface area (Å²) in [5.41, 5.74) is 0.857. The van der Waals surface area contributed by atoms with Crippen LogP contribution in [0, 0.1) is 5.82 Å². The van der Waals surface area contributed by atoms with E-state index in [2.05, 4.69) is 15.1 Å². The highest BCUT2D eigenvalue weighted by Crippen LogP contribution is 2.21. The molecule has 1 N–H and O–H groups in total. The quantitative estimate of drug-likeness (QED) is 0.884. The van der Waals surface area contributed by atoms with Gasteiger partial charge in [0, 0.05) is 45.3 Å². The molecule has 1 aliphatic heterocycles. The number of hydrogen-bond donors (Lipinski definition) is 1. The summed E-state index contributed by atoms with van der Waals surface area (Å²) in [7, 11) is 3.25. The molecule has 1 heterocycles. The van der Waals surface area contributed by atoms with Gasteiger partial charge in [0.2, 0.25) is 5.91 Å². The largest absolute Gasteiger partial charge is 0.496 e.